The Morgan fingerprint density at radius 2 is 0.462 bits per heavy atom. The Balaban J connectivity index is 0.000000194. The van der Waals surface area contributed by atoms with Gasteiger partial charge in [-0.3, -0.25) is 57.5 Å². The number of aryl methyl sites for hydroxylation is 6. The van der Waals surface area contributed by atoms with E-state index in [1.165, 1.54) is 57.4 Å². The summed E-state index contributed by atoms with van der Waals surface area (Å²) in [4.78, 5) is 141. The molecule has 6 amide bonds. The third kappa shape index (κ3) is 25.7. The van der Waals surface area contributed by atoms with Gasteiger partial charge in [-0.15, -0.1) is 74.7 Å². The number of amides is 6. The fourth-order valence-electron chi connectivity index (χ4n) is 8.70. The molecule has 606 valence electrons. The summed E-state index contributed by atoms with van der Waals surface area (Å²) < 4.78 is 67.4. The molecule has 0 aliphatic heterocycles. The number of hydrogen-bond acceptors (Lipinski definition) is 24. The van der Waals surface area contributed by atoms with Crippen molar-refractivity contribution in [3.8, 4) is 0 Å². The Labute approximate surface area is 677 Å². The molecule has 0 saturated carbocycles. The van der Waals surface area contributed by atoms with Crippen molar-refractivity contribution in [2.45, 2.75) is 83.1 Å². The van der Waals surface area contributed by atoms with Crippen LogP contribution in [0, 0.1) is 71.0 Å². The average molecular weight is 1690 g/mol. The number of nitrogens with one attached hydrogen (secondary N) is 6. The molecule has 0 unspecified atom stereocenters. The van der Waals surface area contributed by atoms with Crippen LogP contribution in [0.25, 0.3) is 0 Å². The first kappa shape index (κ1) is 90.0. The molecule has 117 heavy (non-hydrogen) atoms. The minimum Gasteiger partial charge on any atom is -0.319 e. The van der Waals surface area contributed by atoms with Gasteiger partial charge in [-0.1, -0.05) is 82.8 Å². The maximum Gasteiger partial charge on any atom is 0.281 e. The van der Waals surface area contributed by atoms with Crippen LogP contribution < -0.4 is 31.9 Å². The number of carbonyl (C=O) groups is 12. The predicted octanol–water partition coefficient (Wildman–Crippen LogP) is 12.3. The molecule has 0 atom stereocenters. The summed E-state index contributed by atoms with van der Waals surface area (Å²) in [5, 5.41) is 58.1. The molecule has 12 aromatic rings. The number of aromatic nitrogens is 18. The molecule has 12 rings (SSSR count). The molecule has 0 saturated heterocycles. The van der Waals surface area contributed by atoms with Gasteiger partial charge in [0.2, 0.25) is 17.1 Å². The van der Waals surface area contributed by atoms with Crippen LogP contribution in [-0.4, -0.2) is 161 Å². The maximum atomic E-state index is 13.6. The molecule has 6 heterocycles. The fourth-order valence-corrected chi connectivity index (χ4v) is 9.82. The van der Waals surface area contributed by atoms with Gasteiger partial charge in [0.25, 0.3) is 88.7 Å². The Bertz CT molecular complexity index is 5310. The Morgan fingerprint density at radius 3 is 0.658 bits per heavy atom. The first-order valence-corrected chi connectivity index (χ1v) is 34.7. The zero-order chi connectivity index (χ0) is 86.6. The van der Waals surface area contributed by atoms with Crippen LogP contribution >= 0.6 is 46.4 Å². The Morgan fingerprint density at radius 1 is 0.265 bits per heavy atom. The summed E-state index contributed by atoms with van der Waals surface area (Å²) >= 11 is 23.9. The Kier molecular flexibility index (Phi) is 31.2. The molecule has 0 aliphatic carbocycles. The van der Waals surface area contributed by atoms with Gasteiger partial charge < -0.3 is 31.9 Å². The minimum atomic E-state index is -1.20. The lowest BCUT2D eigenvalue weighted by Crippen LogP contribution is -2.16. The van der Waals surface area contributed by atoms with Crippen LogP contribution in [0.2, 0.25) is 20.1 Å². The van der Waals surface area contributed by atoms with E-state index in [4.69, 9.17) is 46.4 Å². The van der Waals surface area contributed by atoms with Gasteiger partial charge in [0.15, 0.2) is 17.1 Å². The summed E-state index contributed by atoms with van der Waals surface area (Å²) in [5.74, 6) is -11.9. The van der Waals surface area contributed by atoms with E-state index in [-0.39, 0.29) is 40.3 Å². The van der Waals surface area contributed by atoms with Crippen molar-refractivity contribution in [2.24, 2.45) is 0 Å². The molecule has 45 heteroatoms. The number of hydrogen-bond donors (Lipinski definition) is 6. The lowest BCUT2D eigenvalue weighted by molar-refractivity contribution is 0.0891. The van der Waals surface area contributed by atoms with Crippen molar-refractivity contribution in [1.82, 2.24) is 90.0 Å². The lowest BCUT2D eigenvalue weighted by atomic mass is 10.2. The maximum absolute atomic E-state index is 13.6. The average Bonchev–Trinajstić information content (AvgIpc) is 1.69. The van der Waals surface area contributed by atoms with Crippen LogP contribution in [0.15, 0.2) is 128 Å². The third-order valence-electron chi connectivity index (χ3n) is 14.5. The van der Waals surface area contributed by atoms with Crippen LogP contribution in [0.5, 0.6) is 0 Å². The number of nitrogens with zero attached hydrogens (tertiary/aromatic N) is 18. The zero-order valence-electron chi connectivity index (χ0n) is 63.0. The van der Waals surface area contributed by atoms with E-state index < -0.39 is 106 Å². The summed E-state index contributed by atoms with van der Waals surface area (Å²) in [5.41, 5.74) is 4.99. The quantitative estimate of drug-likeness (QED) is 0.0619. The molecule has 0 fully saturated rings. The van der Waals surface area contributed by atoms with E-state index in [1.807, 2.05) is 39.8 Å². The van der Waals surface area contributed by atoms with Gasteiger partial charge in [-0.25, -0.2) is 8.78 Å². The third-order valence-corrected chi connectivity index (χ3v) is 15.7. The van der Waals surface area contributed by atoms with Crippen LogP contribution in [0.3, 0.4) is 0 Å². The standard InChI is InChI=1S/2C12H10ClFN4O2.2C12H11ClN4O2.C12H10F2N4O2.C12H11FN4O2/c2*1-6-3-4-9(8(13)5-6)15-12(20)10-11(14)17-18(16-10)7(2)19;2*1-7-3-4-10(9(13)5-7)15-12(19)11-6-14-17(16-11)8(2)18;1-6-3-4-9(8(13)5-6)15-12(20)10-11(14)17-18(16-10)7(2)19;1-7-3-4-10(9(13)5-7)15-12(19)11-6-14-17(16-11)8(2)18/h2*3-5H,1-2H3,(H,15,20);2*3-6H,1-2H3,(H,15,19);3-5H,1-2H3,(H,15,20);3-6H,1-2H3,(H,15,19). The fraction of sp³-hybridized carbons (Fsp3) is 0.167. The van der Waals surface area contributed by atoms with Crippen LogP contribution in [0.4, 0.5) is 56.1 Å². The van der Waals surface area contributed by atoms with Crippen LogP contribution in [-0.2, 0) is 0 Å². The van der Waals surface area contributed by atoms with Crippen molar-refractivity contribution >= 4 is 151 Å². The van der Waals surface area contributed by atoms with Gasteiger partial charge in [0.1, 0.15) is 11.6 Å². The van der Waals surface area contributed by atoms with Gasteiger partial charge in [0, 0.05) is 41.5 Å². The molecule has 6 aromatic carbocycles. The van der Waals surface area contributed by atoms with E-state index in [2.05, 4.69) is 93.1 Å². The van der Waals surface area contributed by atoms with Crippen molar-refractivity contribution in [2.75, 3.05) is 31.9 Å². The number of halogens is 9. The smallest absolute Gasteiger partial charge is 0.281 e. The van der Waals surface area contributed by atoms with Crippen molar-refractivity contribution in [3.63, 3.8) is 0 Å². The summed E-state index contributed by atoms with van der Waals surface area (Å²) in [6.07, 6.45) is 3.58. The highest BCUT2D eigenvalue weighted by Gasteiger charge is 2.26. The second kappa shape index (κ2) is 40.5. The van der Waals surface area contributed by atoms with Gasteiger partial charge in [-0.05, 0) is 148 Å². The monoisotopic (exact) mass is 1690 g/mol. The number of anilines is 6. The molecular weight excluding hydrogens is 1630 g/mol. The number of benzene rings is 6. The van der Waals surface area contributed by atoms with E-state index in [1.54, 1.807) is 86.6 Å². The van der Waals surface area contributed by atoms with Crippen molar-refractivity contribution in [1.29, 1.82) is 0 Å². The topological polar surface area (TPSA) is 461 Å². The summed E-state index contributed by atoms with van der Waals surface area (Å²) in [6.45, 7) is 18.2. The first-order chi connectivity index (χ1) is 55.0. The lowest BCUT2D eigenvalue weighted by Gasteiger charge is -2.06. The van der Waals surface area contributed by atoms with Crippen molar-refractivity contribution in [3.05, 3.63) is 245 Å². The minimum absolute atomic E-state index is 0.0480. The van der Waals surface area contributed by atoms with Crippen LogP contribution in [0.1, 0.15) is 167 Å². The SMILES string of the molecule is CC(=O)n1nc(F)c(C(=O)Nc2ccc(C)cc2Cl)n1.CC(=O)n1nc(F)c(C(=O)Nc2ccc(C)cc2Cl)n1.CC(=O)n1nc(F)c(C(=O)Nc2ccc(C)cc2F)n1.CC(=O)n1ncc(C(=O)Nc2ccc(C)cc2Cl)n1.CC(=O)n1ncc(C(=O)Nc2ccc(C)cc2Cl)n1.CC(=O)n1ncc(C(=O)Nc2ccc(C)cc2F)n1. The van der Waals surface area contributed by atoms with E-state index in [0.717, 1.165) is 69.2 Å². The molecule has 0 spiro atoms. The molecule has 0 radical (unpaired) electrons. The molecule has 0 bridgehead atoms. The Hall–Kier alpha value is -14.2. The zero-order valence-corrected chi connectivity index (χ0v) is 66.0. The predicted molar refractivity (Wildman–Crippen MR) is 413 cm³/mol. The highest BCUT2D eigenvalue weighted by atomic mass is 35.5. The first-order valence-electron chi connectivity index (χ1n) is 33.2. The summed E-state index contributed by atoms with van der Waals surface area (Å²) in [6, 6.07) is 29.1. The highest BCUT2D eigenvalue weighted by molar-refractivity contribution is 6.35. The second-order valence-corrected chi connectivity index (χ2v) is 25.8. The van der Waals surface area contributed by atoms with Gasteiger partial charge in [-0.2, -0.15) is 28.5 Å². The van der Waals surface area contributed by atoms with E-state index >= 15 is 0 Å². The molecule has 36 nitrogen and oxygen atoms in total. The van der Waals surface area contributed by atoms with E-state index in [0.29, 0.717) is 62.8 Å². The highest BCUT2D eigenvalue weighted by Crippen LogP contribution is 2.28. The number of rotatable bonds is 12. The normalized spacial score (nSPS) is 10.3. The number of carbonyl (C=O) groups excluding carboxylic acids is 12. The van der Waals surface area contributed by atoms with E-state index in [9.17, 15) is 79.5 Å². The molecule has 0 aliphatic rings. The molecular formula is C72H63Cl4F5N24O12. The van der Waals surface area contributed by atoms with Crippen molar-refractivity contribution < 1.29 is 79.5 Å². The molecule has 6 aromatic heterocycles. The van der Waals surface area contributed by atoms with Gasteiger partial charge >= 0.3 is 0 Å². The van der Waals surface area contributed by atoms with Gasteiger partial charge in [0.05, 0.1) is 72.8 Å². The second-order valence-electron chi connectivity index (χ2n) is 24.2. The summed E-state index contributed by atoms with van der Waals surface area (Å²) in [7, 11) is 0. The molecule has 6 N–H and O–H groups in total. The largest absolute Gasteiger partial charge is 0.319 e.